The molecule has 0 saturated carbocycles. The van der Waals surface area contributed by atoms with Gasteiger partial charge >= 0.3 is 11.9 Å². The lowest BCUT2D eigenvalue weighted by atomic mass is 10.2. The van der Waals surface area contributed by atoms with Gasteiger partial charge in [-0.25, -0.2) is 26.4 Å². The Morgan fingerprint density at radius 2 is 0.822 bits per heavy atom. The Bertz CT molecular complexity index is 1400. The number of aryl methyl sites for hydroxylation is 2. The molecule has 45 heavy (non-hydrogen) atoms. The van der Waals surface area contributed by atoms with Crippen LogP contribution in [0.4, 0.5) is 0 Å². The van der Waals surface area contributed by atoms with Crippen LogP contribution in [0, 0.1) is 13.8 Å². The lowest BCUT2D eigenvalue weighted by Gasteiger charge is -2.15. The van der Waals surface area contributed by atoms with Gasteiger partial charge in [0.25, 0.3) is 0 Å². The third-order valence-corrected chi connectivity index (χ3v) is 11.1. The smallest absolute Gasteiger partial charge is 0.334 e. The van der Waals surface area contributed by atoms with Crippen LogP contribution >= 0.6 is 0 Å². The zero-order chi connectivity index (χ0) is 33.6. The molecule has 0 amide bonds. The maximum absolute atomic E-state index is 12.8. The van der Waals surface area contributed by atoms with E-state index in [9.17, 15) is 26.4 Å². The van der Waals surface area contributed by atoms with Gasteiger partial charge in [-0.2, -0.15) is 0 Å². The van der Waals surface area contributed by atoms with Gasteiger partial charge in [-0.3, -0.25) is 0 Å². The molecule has 0 N–H and O–H groups in total. The topological polar surface area (TPSA) is 149 Å². The second kappa shape index (κ2) is 18.0. The zero-order valence-corrected chi connectivity index (χ0v) is 27.8. The summed E-state index contributed by atoms with van der Waals surface area (Å²) in [6, 6.07) is 12.7. The molecule has 0 aliphatic carbocycles. The summed E-state index contributed by atoms with van der Waals surface area (Å²) in [5, 5.41) is -2.29. The van der Waals surface area contributed by atoms with Gasteiger partial charge in [0.05, 0.1) is 59.9 Å². The highest BCUT2D eigenvalue weighted by molar-refractivity contribution is 7.92. The molecule has 0 radical (unpaired) electrons. The Kier molecular flexibility index (Phi) is 15.1. The quantitative estimate of drug-likeness (QED) is 0.116. The summed E-state index contributed by atoms with van der Waals surface area (Å²) >= 11 is 0. The Morgan fingerprint density at radius 3 is 1.11 bits per heavy atom. The van der Waals surface area contributed by atoms with Crippen molar-refractivity contribution in [2.75, 3.05) is 52.9 Å². The van der Waals surface area contributed by atoms with Gasteiger partial charge in [0.1, 0.15) is 13.2 Å². The first kappa shape index (κ1) is 37.8. The van der Waals surface area contributed by atoms with Crippen molar-refractivity contribution >= 4 is 31.6 Å². The monoisotopic (exact) mass is 666 g/mol. The molecule has 2 atom stereocenters. The third kappa shape index (κ3) is 11.5. The van der Waals surface area contributed by atoms with E-state index in [1.165, 1.54) is 38.1 Å². The van der Waals surface area contributed by atoms with E-state index in [0.29, 0.717) is 0 Å². The average Bonchev–Trinajstić information content (AvgIpc) is 3.01. The first-order valence-electron chi connectivity index (χ1n) is 14.3. The second-order valence-electron chi connectivity index (χ2n) is 10.2. The van der Waals surface area contributed by atoms with Crippen LogP contribution in [-0.2, 0) is 52.9 Å². The Labute approximate surface area is 266 Å². The van der Waals surface area contributed by atoms with Crippen molar-refractivity contribution in [1.29, 1.82) is 0 Å². The van der Waals surface area contributed by atoms with Gasteiger partial charge < -0.3 is 23.7 Å². The SMILES string of the molecule is C=C(C(=O)OCCOCCOCCOCCOC(=O)C(=C)C(C)S(=O)(=O)c1ccc(C)cc1)C(C)S(=O)(=O)c1ccc(C)cc1. The lowest BCUT2D eigenvalue weighted by molar-refractivity contribution is -0.141. The van der Waals surface area contributed by atoms with Crippen molar-refractivity contribution in [2.45, 2.75) is 48.0 Å². The first-order chi connectivity index (χ1) is 21.2. The van der Waals surface area contributed by atoms with Crippen molar-refractivity contribution in [2.24, 2.45) is 0 Å². The Hall–Kier alpha value is -3.36. The molecular formula is C32H42O11S2. The summed E-state index contributed by atoms with van der Waals surface area (Å²) in [6.07, 6.45) is 0. The molecule has 0 spiro atoms. The Balaban J connectivity index is 1.52. The molecule has 0 aliphatic heterocycles. The van der Waals surface area contributed by atoms with E-state index < -0.39 is 42.1 Å². The van der Waals surface area contributed by atoms with Crippen molar-refractivity contribution in [1.82, 2.24) is 0 Å². The molecule has 0 saturated heterocycles. The highest BCUT2D eigenvalue weighted by Gasteiger charge is 2.31. The number of esters is 2. The number of ether oxygens (including phenoxy) is 5. The number of hydrogen-bond donors (Lipinski definition) is 0. The minimum Gasteiger partial charge on any atom is -0.460 e. The van der Waals surface area contributed by atoms with E-state index in [1.807, 2.05) is 13.8 Å². The van der Waals surface area contributed by atoms with E-state index >= 15 is 0 Å². The number of rotatable bonds is 20. The molecule has 0 aliphatic rings. The highest BCUT2D eigenvalue weighted by atomic mass is 32.2. The predicted molar refractivity (Wildman–Crippen MR) is 168 cm³/mol. The summed E-state index contributed by atoms with van der Waals surface area (Å²) in [6.45, 7) is 14.6. The first-order valence-corrected chi connectivity index (χ1v) is 17.3. The molecule has 248 valence electrons. The number of benzene rings is 2. The molecule has 2 rings (SSSR count). The van der Waals surface area contributed by atoms with Crippen LogP contribution in [0.15, 0.2) is 82.6 Å². The summed E-state index contributed by atoms with van der Waals surface area (Å²) < 4.78 is 77.3. The van der Waals surface area contributed by atoms with Crippen molar-refractivity contribution in [3.63, 3.8) is 0 Å². The van der Waals surface area contributed by atoms with E-state index in [0.717, 1.165) is 11.1 Å². The van der Waals surface area contributed by atoms with Crippen LogP contribution < -0.4 is 0 Å². The van der Waals surface area contributed by atoms with Crippen molar-refractivity contribution in [3.8, 4) is 0 Å². The molecule has 13 heteroatoms. The van der Waals surface area contributed by atoms with E-state index in [2.05, 4.69) is 13.2 Å². The minimum atomic E-state index is -3.79. The fourth-order valence-corrected chi connectivity index (χ4v) is 6.47. The van der Waals surface area contributed by atoms with Crippen LogP contribution in [0.25, 0.3) is 0 Å². The van der Waals surface area contributed by atoms with E-state index in [1.54, 1.807) is 24.3 Å². The maximum atomic E-state index is 12.8. The molecule has 11 nitrogen and oxygen atoms in total. The normalized spacial score (nSPS) is 13.1. The van der Waals surface area contributed by atoms with Crippen LogP contribution in [0.2, 0.25) is 0 Å². The van der Waals surface area contributed by atoms with E-state index in [-0.39, 0.29) is 73.8 Å². The van der Waals surface area contributed by atoms with Gasteiger partial charge in [-0.1, -0.05) is 48.6 Å². The molecule has 0 heterocycles. The van der Waals surface area contributed by atoms with Crippen LogP contribution in [0.1, 0.15) is 25.0 Å². The van der Waals surface area contributed by atoms with Crippen molar-refractivity contribution in [3.05, 3.63) is 84.0 Å². The number of sulfone groups is 2. The molecule has 2 unspecified atom stereocenters. The molecule has 0 bridgehead atoms. The van der Waals surface area contributed by atoms with Crippen LogP contribution in [-0.4, -0.2) is 92.1 Å². The fourth-order valence-electron chi connectivity index (χ4n) is 3.68. The van der Waals surface area contributed by atoms with Gasteiger partial charge in [0.2, 0.25) is 0 Å². The predicted octanol–water partition coefficient (Wildman–Crippen LogP) is 3.58. The molecule has 0 fully saturated rings. The van der Waals surface area contributed by atoms with Gasteiger partial charge in [-0.15, -0.1) is 0 Å². The molecule has 2 aromatic rings. The second-order valence-corrected chi connectivity index (χ2v) is 14.7. The van der Waals surface area contributed by atoms with E-state index in [4.69, 9.17) is 23.7 Å². The highest BCUT2D eigenvalue weighted by Crippen LogP contribution is 2.23. The summed E-state index contributed by atoms with van der Waals surface area (Å²) in [5.74, 6) is -1.63. The lowest BCUT2D eigenvalue weighted by Crippen LogP contribution is -2.26. The summed E-state index contributed by atoms with van der Waals surface area (Å²) in [5.41, 5.74) is 1.50. The zero-order valence-electron chi connectivity index (χ0n) is 26.2. The van der Waals surface area contributed by atoms with Gasteiger partial charge in [0, 0.05) is 11.1 Å². The molecule has 0 aromatic heterocycles. The largest absolute Gasteiger partial charge is 0.460 e. The number of hydrogen-bond acceptors (Lipinski definition) is 11. The summed E-state index contributed by atoms with van der Waals surface area (Å²) in [4.78, 5) is 24.7. The van der Waals surface area contributed by atoms with Crippen LogP contribution in [0.3, 0.4) is 0 Å². The van der Waals surface area contributed by atoms with Crippen molar-refractivity contribution < 1.29 is 50.1 Å². The maximum Gasteiger partial charge on any atom is 0.334 e. The van der Waals surface area contributed by atoms with Crippen LogP contribution in [0.5, 0.6) is 0 Å². The molecular weight excluding hydrogens is 624 g/mol. The number of carbonyl (C=O) groups is 2. The average molecular weight is 667 g/mol. The molecule has 2 aromatic carbocycles. The van der Waals surface area contributed by atoms with Gasteiger partial charge in [-0.05, 0) is 52.0 Å². The standard InChI is InChI=1S/C32H42O11S2/c1-23-7-11-29(12-8-23)44(35,36)27(5)25(3)31(33)42-21-19-40-17-15-39-16-18-41-20-22-43-32(34)26(4)28(6)45(37,38)30-13-9-24(2)10-14-30/h7-14,27-28H,3-4,15-22H2,1-2,5-6H3. The summed E-state index contributed by atoms with van der Waals surface area (Å²) in [7, 11) is -7.57. The fraction of sp³-hybridized carbons (Fsp3) is 0.438. The Morgan fingerprint density at radius 1 is 0.556 bits per heavy atom. The minimum absolute atomic E-state index is 0.0829. The number of carbonyl (C=O) groups excluding carboxylic acids is 2. The third-order valence-electron chi connectivity index (χ3n) is 6.80. The van der Waals surface area contributed by atoms with Gasteiger partial charge in [0.15, 0.2) is 19.7 Å².